The predicted molar refractivity (Wildman–Crippen MR) is 81.2 cm³/mol. The average Bonchev–Trinajstić information content (AvgIpc) is 2.48. The van der Waals surface area contributed by atoms with E-state index in [9.17, 15) is 4.91 Å². The van der Waals surface area contributed by atoms with E-state index in [1.165, 1.54) is 0 Å². The van der Waals surface area contributed by atoms with E-state index in [1.807, 2.05) is 38.1 Å². The lowest BCUT2D eigenvalue weighted by Gasteiger charge is -2.13. The Hall–Kier alpha value is -2.27. The van der Waals surface area contributed by atoms with Crippen molar-refractivity contribution < 1.29 is 9.84 Å². The van der Waals surface area contributed by atoms with Crippen LogP contribution in [0.4, 0.5) is 0 Å². The summed E-state index contributed by atoms with van der Waals surface area (Å²) in [6.45, 7) is 4.24. The first-order valence-corrected chi connectivity index (χ1v) is 6.76. The molecule has 1 aromatic carbocycles. The molecular weight excluding hydrogens is 268 g/mol. The lowest BCUT2D eigenvalue weighted by molar-refractivity contribution is 0.196. The van der Waals surface area contributed by atoms with E-state index >= 15 is 0 Å². The molecule has 21 heavy (non-hydrogen) atoms. The lowest BCUT2D eigenvalue weighted by Crippen LogP contribution is -2.04. The summed E-state index contributed by atoms with van der Waals surface area (Å²) in [6, 6.07) is 9.54. The van der Waals surface area contributed by atoms with Crippen LogP contribution in [0.15, 0.2) is 35.5 Å². The van der Waals surface area contributed by atoms with Gasteiger partial charge < -0.3 is 9.84 Å². The largest absolute Gasteiger partial charge is 0.475 e. The first-order valence-electron chi connectivity index (χ1n) is 6.76. The molecule has 0 saturated heterocycles. The van der Waals surface area contributed by atoms with Gasteiger partial charge in [0.1, 0.15) is 13.2 Å². The minimum atomic E-state index is -0.0394. The summed E-state index contributed by atoms with van der Waals surface area (Å²) in [5.74, 6) is 0.494. The van der Waals surface area contributed by atoms with Gasteiger partial charge in [0.05, 0.1) is 6.61 Å². The van der Waals surface area contributed by atoms with Crippen LogP contribution in [0.2, 0.25) is 0 Å². The van der Waals surface area contributed by atoms with Gasteiger partial charge in [0, 0.05) is 17.3 Å². The number of aliphatic hydroxyl groups is 1. The lowest BCUT2D eigenvalue weighted by atomic mass is 9.96. The smallest absolute Gasteiger partial charge is 0.213 e. The van der Waals surface area contributed by atoms with Crippen LogP contribution in [0.1, 0.15) is 16.8 Å². The fourth-order valence-corrected chi connectivity index (χ4v) is 2.27. The SMILES string of the molecule is Cc1nc(OCCO)ccc1-c1cccc(CN=O)c1C. The second kappa shape index (κ2) is 6.95. The van der Waals surface area contributed by atoms with Gasteiger partial charge in [0.25, 0.3) is 0 Å². The van der Waals surface area contributed by atoms with Crippen molar-refractivity contribution in [2.45, 2.75) is 20.4 Å². The molecule has 1 aromatic heterocycles. The third-order valence-corrected chi connectivity index (χ3v) is 3.37. The summed E-state index contributed by atoms with van der Waals surface area (Å²) in [7, 11) is 0. The molecule has 1 heterocycles. The summed E-state index contributed by atoms with van der Waals surface area (Å²) >= 11 is 0. The minimum Gasteiger partial charge on any atom is -0.475 e. The summed E-state index contributed by atoms with van der Waals surface area (Å²) in [6.07, 6.45) is 0. The molecule has 0 spiro atoms. The number of ether oxygens (including phenoxy) is 1. The van der Waals surface area contributed by atoms with Gasteiger partial charge in [-0.3, -0.25) is 0 Å². The van der Waals surface area contributed by atoms with Gasteiger partial charge in [-0.05, 0) is 36.6 Å². The van der Waals surface area contributed by atoms with E-state index < -0.39 is 0 Å². The fourth-order valence-electron chi connectivity index (χ4n) is 2.27. The average molecular weight is 286 g/mol. The van der Waals surface area contributed by atoms with E-state index in [4.69, 9.17) is 9.84 Å². The van der Waals surface area contributed by atoms with Crippen LogP contribution in [-0.2, 0) is 6.54 Å². The number of nitrogens with zero attached hydrogens (tertiary/aromatic N) is 2. The zero-order chi connectivity index (χ0) is 15.2. The first kappa shape index (κ1) is 15.1. The zero-order valence-corrected chi connectivity index (χ0v) is 12.2. The highest BCUT2D eigenvalue weighted by Gasteiger charge is 2.10. The van der Waals surface area contributed by atoms with Crippen molar-refractivity contribution in [2.75, 3.05) is 13.2 Å². The molecule has 0 amide bonds. The molecule has 2 aromatic rings. The molecule has 0 unspecified atom stereocenters. The number of pyridine rings is 1. The standard InChI is InChI=1S/C16H18N2O3/c1-11-13(10-17-20)4-3-5-14(11)15-6-7-16(18-12(15)2)21-9-8-19/h3-7,19H,8-10H2,1-2H3. The Morgan fingerprint density at radius 2 is 2.00 bits per heavy atom. The summed E-state index contributed by atoms with van der Waals surface area (Å²) in [5, 5.41) is 11.7. The van der Waals surface area contributed by atoms with Crippen molar-refractivity contribution in [3.8, 4) is 17.0 Å². The Morgan fingerprint density at radius 1 is 1.19 bits per heavy atom. The highest BCUT2D eigenvalue weighted by molar-refractivity contribution is 5.70. The number of rotatable bonds is 6. The molecule has 0 atom stereocenters. The summed E-state index contributed by atoms with van der Waals surface area (Å²) in [4.78, 5) is 14.9. The van der Waals surface area contributed by atoms with Crippen molar-refractivity contribution in [2.24, 2.45) is 5.18 Å². The fraction of sp³-hybridized carbons (Fsp3) is 0.312. The molecule has 0 radical (unpaired) electrons. The second-order valence-corrected chi connectivity index (χ2v) is 4.73. The monoisotopic (exact) mass is 286 g/mol. The minimum absolute atomic E-state index is 0.0394. The number of aliphatic hydroxyl groups excluding tert-OH is 1. The number of hydrogen-bond acceptors (Lipinski definition) is 5. The molecule has 5 nitrogen and oxygen atoms in total. The van der Waals surface area contributed by atoms with Crippen molar-refractivity contribution in [1.29, 1.82) is 0 Å². The normalized spacial score (nSPS) is 10.4. The van der Waals surface area contributed by atoms with Crippen LogP contribution < -0.4 is 4.74 Å². The predicted octanol–water partition coefficient (Wildman–Crippen LogP) is 3.00. The van der Waals surface area contributed by atoms with Gasteiger partial charge >= 0.3 is 0 Å². The maximum Gasteiger partial charge on any atom is 0.213 e. The molecular formula is C16H18N2O3. The quantitative estimate of drug-likeness (QED) is 0.829. The third-order valence-electron chi connectivity index (χ3n) is 3.37. The molecule has 5 heteroatoms. The first-order chi connectivity index (χ1) is 10.2. The molecule has 0 aliphatic heterocycles. The Labute approximate surface area is 123 Å². The van der Waals surface area contributed by atoms with Crippen molar-refractivity contribution >= 4 is 0 Å². The maximum atomic E-state index is 10.5. The van der Waals surface area contributed by atoms with Crippen molar-refractivity contribution in [1.82, 2.24) is 4.98 Å². The van der Waals surface area contributed by atoms with E-state index in [1.54, 1.807) is 6.07 Å². The van der Waals surface area contributed by atoms with Crippen molar-refractivity contribution in [3.63, 3.8) is 0 Å². The van der Waals surface area contributed by atoms with Crippen LogP contribution in [0.25, 0.3) is 11.1 Å². The van der Waals surface area contributed by atoms with Gasteiger partial charge in [-0.15, -0.1) is 0 Å². The number of benzene rings is 1. The van der Waals surface area contributed by atoms with Gasteiger partial charge in [0.2, 0.25) is 5.88 Å². The molecule has 1 N–H and O–H groups in total. The topological polar surface area (TPSA) is 71.8 Å². The van der Waals surface area contributed by atoms with E-state index in [-0.39, 0.29) is 19.8 Å². The Kier molecular flexibility index (Phi) is 5.00. The van der Waals surface area contributed by atoms with Crippen molar-refractivity contribution in [3.05, 3.63) is 52.1 Å². The molecule has 0 saturated carbocycles. The number of aryl methyl sites for hydroxylation is 1. The molecule has 110 valence electrons. The number of nitroso groups, excluding NO2 is 1. The molecule has 0 bridgehead atoms. The van der Waals surface area contributed by atoms with E-state index in [0.717, 1.165) is 27.9 Å². The Morgan fingerprint density at radius 3 is 2.67 bits per heavy atom. The maximum absolute atomic E-state index is 10.5. The van der Waals surface area contributed by atoms with Crippen LogP contribution in [0.3, 0.4) is 0 Å². The van der Waals surface area contributed by atoms with Crippen LogP contribution in [-0.4, -0.2) is 23.3 Å². The molecule has 0 aliphatic rings. The summed E-state index contributed by atoms with van der Waals surface area (Å²) in [5.41, 5.74) is 4.82. The van der Waals surface area contributed by atoms with Crippen LogP contribution >= 0.6 is 0 Å². The van der Waals surface area contributed by atoms with Gasteiger partial charge in [0.15, 0.2) is 0 Å². The van der Waals surface area contributed by atoms with E-state index in [2.05, 4.69) is 10.2 Å². The van der Waals surface area contributed by atoms with Gasteiger partial charge in [-0.1, -0.05) is 23.4 Å². The molecule has 0 aliphatic carbocycles. The number of aromatic nitrogens is 1. The van der Waals surface area contributed by atoms with Crippen LogP contribution in [0.5, 0.6) is 5.88 Å². The van der Waals surface area contributed by atoms with Crippen LogP contribution in [0, 0.1) is 18.8 Å². The van der Waals surface area contributed by atoms with E-state index in [0.29, 0.717) is 5.88 Å². The number of hydrogen-bond donors (Lipinski definition) is 1. The summed E-state index contributed by atoms with van der Waals surface area (Å²) < 4.78 is 5.30. The molecule has 0 fully saturated rings. The van der Waals surface area contributed by atoms with Gasteiger partial charge in [-0.25, -0.2) is 4.98 Å². The highest BCUT2D eigenvalue weighted by atomic mass is 16.5. The zero-order valence-electron chi connectivity index (χ0n) is 12.2. The molecule has 2 rings (SSSR count). The third kappa shape index (κ3) is 3.44. The Bertz CT molecular complexity index is 641. The highest BCUT2D eigenvalue weighted by Crippen LogP contribution is 2.29. The second-order valence-electron chi connectivity index (χ2n) is 4.73. The van der Waals surface area contributed by atoms with Gasteiger partial charge in [-0.2, -0.15) is 4.91 Å². The Balaban J connectivity index is 2.38.